The maximum Gasteiger partial charge on any atom is 0.309 e. The average molecular weight is 158 g/mol. The summed E-state index contributed by atoms with van der Waals surface area (Å²) in [6.07, 6.45) is 0.761. The van der Waals surface area contributed by atoms with Gasteiger partial charge in [0.15, 0.2) is 0 Å². The Kier molecular flexibility index (Phi) is 3.04. The van der Waals surface area contributed by atoms with Crippen molar-refractivity contribution in [2.45, 2.75) is 26.7 Å². The average Bonchev–Trinajstić information content (AvgIpc) is 1.84. The predicted octanol–water partition coefficient (Wildman–Crippen LogP) is 0.813. The standard InChI is InChI=1S/C7H14N2O2/c1-7(2,6(10)11)4-3-5(8)9/h3-4H2,1-2H3,(H3,8,9)(H,10,11). The van der Waals surface area contributed by atoms with Crippen molar-refractivity contribution in [2.24, 2.45) is 11.1 Å². The molecule has 0 aromatic carbocycles. The van der Waals surface area contributed by atoms with Crippen LogP contribution < -0.4 is 5.73 Å². The first-order chi connectivity index (χ1) is 4.86. The zero-order chi connectivity index (χ0) is 9.07. The number of nitrogens with two attached hydrogens (primary N) is 1. The predicted molar refractivity (Wildman–Crippen MR) is 42.6 cm³/mol. The molecule has 0 spiro atoms. The molecular formula is C7H14N2O2. The topological polar surface area (TPSA) is 87.2 Å². The molecule has 0 atom stereocenters. The number of aliphatic carboxylic acids is 1. The second kappa shape index (κ2) is 3.37. The van der Waals surface area contributed by atoms with E-state index >= 15 is 0 Å². The lowest BCUT2D eigenvalue weighted by molar-refractivity contribution is -0.147. The van der Waals surface area contributed by atoms with Crippen molar-refractivity contribution < 1.29 is 9.90 Å². The van der Waals surface area contributed by atoms with E-state index in [9.17, 15) is 4.79 Å². The second-order valence-electron chi connectivity index (χ2n) is 3.21. The van der Waals surface area contributed by atoms with E-state index in [1.807, 2.05) is 0 Å². The molecule has 0 aliphatic rings. The lowest BCUT2D eigenvalue weighted by Gasteiger charge is -2.17. The fourth-order valence-corrected chi connectivity index (χ4v) is 0.554. The number of hydrogen-bond acceptors (Lipinski definition) is 2. The number of nitrogens with one attached hydrogen (secondary N) is 1. The molecule has 0 rings (SSSR count). The Balaban J connectivity index is 3.92. The molecular weight excluding hydrogens is 144 g/mol. The summed E-state index contributed by atoms with van der Waals surface area (Å²) in [5.41, 5.74) is 4.32. The molecule has 4 heteroatoms. The molecule has 0 aliphatic carbocycles. The molecule has 0 aromatic rings. The molecule has 0 radical (unpaired) electrons. The summed E-state index contributed by atoms with van der Waals surface area (Å²) in [5.74, 6) is -0.807. The van der Waals surface area contributed by atoms with Crippen LogP contribution in [0.15, 0.2) is 0 Å². The smallest absolute Gasteiger partial charge is 0.309 e. The summed E-state index contributed by atoms with van der Waals surface area (Å²) < 4.78 is 0. The van der Waals surface area contributed by atoms with E-state index in [1.54, 1.807) is 13.8 Å². The van der Waals surface area contributed by atoms with Crippen molar-refractivity contribution in [1.29, 1.82) is 5.41 Å². The van der Waals surface area contributed by atoms with Crippen molar-refractivity contribution in [3.63, 3.8) is 0 Å². The van der Waals surface area contributed by atoms with Crippen LogP contribution in [-0.4, -0.2) is 16.9 Å². The molecule has 0 fully saturated rings. The van der Waals surface area contributed by atoms with Gasteiger partial charge in [-0.3, -0.25) is 10.2 Å². The third kappa shape index (κ3) is 3.60. The summed E-state index contributed by atoms with van der Waals surface area (Å²) in [6.45, 7) is 3.25. The summed E-state index contributed by atoms with van der Waals surface area (Å²) >= 11 is 0. The third-order valence-electron chi connectivity index (χ3n) is 1.60. The summed E-state index contributed by atoms with van der Waals surface area (Å²) in [6, 6.07) is 0. The highest BCUT2D eigenvalue weighted by atomic mass is 16.4. The molecule has 4 N–H and O–H groups in total. The van der Waals surface area contributed by atoms with Gasteiger partial charge in [0.2, 0.25) is 0 Å². The minimum absolute atomic E-state index is 0.0410. The van der Waals surface area contributed by atoms with Crippen molar-refractivity contribution in [2.75, 3.05) is 0 Å². The Morgan fingerprint density at radius 3 is 2.36 bits per heavy atom. The largest absolute Gasteiger partial charge is 0.481 e. The van der Waals surface area contributed by atoms with Crippen molar-refractivity contribution >= 4 is 11.8 Å². The zero-order valence-corrected chi connectivity index (χ0v) is 6.85. The van der Waals surface area contributed by atoms with Gasteiger partial charge in [-0.25, -0.2) is 0 Å². The van der Waals surface area contributed by atoms with Gasteiger partial charge in [0.05, 0.1) is 11.3 Å². The van der Waals surface area contributed by atoms with Gasteiger partial charge in [0, 0.05) is 6.42 Å². The summed E-state index contributed by atoms with van der Waals surface area (Å²) in [4.78, 5) is 10.5. The lowest BCUT2D eigenvalue weighted by Crippen LogP contribution is -2.25. The van der Waals surface area contributed by atoms with Crippen LogP contribution in [0.3, 0.4) is 0 Å². The number of rotatable bonds is 4. The molecule has 0 saturated heterocycles. The first-order valence-corrected chi connectivity index (χ1v) is 3.42. The van der Waals surface area contributed by atoms with Crippen LogP contribution in [-0.2, 0) is 4.79 Å². The van der Waals surface area contributed by atoms with Crippen LogP contribution >= 0.6 is 0 Å². The van der Waals surface area contributed by atoms with Gasteiger partial charge in [-0.1, -0.05) is 0 Å². The number of amidine groups is 1. The molecule has 64 valence electrons. The molecule has 0 saturated carbocycles. The number of carboxylic acid groups (broad SMARTS) is 1. The number of carboxylic acids is 1. The summed E-state index contributed by atoms with van der Waals surface area (Å²) in [7, 11) is 0. The Morgan fingerprint density at radius 2 is 2.09 bits per heavy atom. The van der Waals surface area contributed by atoms with Gasteiger partial charge in [-0.05, 0) is 20.3 Å². The van der Waals surface area contributed by atoms with Crippen molar-refractivity contribution in [3.8, 4) is 0 Å². The molecule has 0 unspecified atom stereocenters. The summed E-state index contributed by atoms with van der Waals surface area (Å²) in [5, 5.41) is 15.5. The molecule has 0 bridgehead atoms. The fraction of sp³-hybridized carbons (Fsp3) is 0.714. The number of carbonyl (C=O) groups is 1. The van der Waals surface area contributed by atoms with Gasteiger partial charge < -0.3 is 10.8 Å². The molecule has 0 aliphatic heterocycles. The molecule has 0 heterocycles. The Morgan fingerprint density at radius 1 is 1.64 bits per heavy atom. The fourth-order valence-electron chi connectivity index (χ4n) is 0.554. The second-order valence-corrected chi connectivity index (χ2v) is 3.21. The Bertz CT molecular complexity index is 175. The quantitative estimate of drug-likeness (QED) is 0.418. The Labute approximate surface area is 65.9 Å². The van der Waals surface area contributed by atoms with Gasteiger partial charge in [-0.15, -0.1) is 0 Å². The minimum Gasteiger partial charge on any atom is -0.481 e. The SMILES string of the molecule is CC(C)(CCC(=N)N)C(=O)O. The lowest BCUT2D eigenvalue weighted by atomic mass is 9.88. The highest BCUT2D eigenvalue weighted by Gasteiger charge is 2.26. The first kappa shape index (κ1) is 9.94. The van der Waals surface area contributed by atoms with Crippen molar-refractivity contribution in [1.82, 2.24) is 0 Å². The van der Waals surface area contributed by atoms with Crippen LogP contribution in [0, 0.1) is 10.8 Å². The van der Waals surface area contributed by atoms with Gasteiger partial charge in [0.25, 0.3) is 0 Å². The van der Waals surface area contributed by atoms with Crippen LogP contribution in [0.4, 0.5) is 0 Å². The monoisotopic (exact) mass is 158 g/mol. The van der Waals surface area contributed by atoms with E-state index in [2.05, 4.69) is 0 Å². The Hall–Kier alpha value is -1.06. The van der Waals surface area contributed by atoms with E-state index in [0.29, 0.717) is 12.8 Å². The van der Waals surface area contributed by atoms with Crippen LogP contribution in [0.1, 0.15) is 26.7 Å². The molecule has 11 heavy (non-hydrogen) atoms. The van der Waals surface area contributed by atoms with E-state index in [4.69, 9.17) is 16.2 Å². The van der Waals surface area contributed by atoms with Gasteiger partial charge in [0.1, 0.15) is 0 Å². The van der Waals surface area contributed by atoms with Crippen LogP contribution in [0.5, 0.6) is 0 Å². The number of hydrogen-bond donors (Lipinski definition) is 3. The van der Waals surface area contributed by atoms with E-state index < -0.39 is 11.4 Å². The van der Waals surface area contributed by atoms with Gasteiger partial charge in [-0.2, -0.15) is 0 Å². The maximum absolute atomic E-state index is 10.5. The first-order valence-electron chi connectivity index (χ1n) is 3.42. The van der Waals surface area contributed by atoms with E-state index in [0.717, 1.165) is 0 Å². The normalized spacial score (nSPS) is 11.1. The molecule has 0 amide bonds. The third-order valence-corrected chi connectivity index (χ3v) is 1.60. The van der Waals surface area contributed by atoms with Gasteiger partial charge >= 0.3 is 5.97 Å². The van der Waals surface area contributed by atoms with E-state index in [-0.39, 0.29) is 5.84 Å². The van der Waals surface area contributed by atoms with Crippen LogP contribution in [0.25, 0.3) is 0 Å². The molecule has 0 aromatic heterocycles. The maximum atomic E-state index is 10.5. The van der Waals surface area contributed by atoms with E-state index in [1.165, 1.54) is 0 Å². The highest BCUT2D eigenvalue weighted by Crippen LogP contribution is 2.21. The zero-order valence-electron chi connectivity index (χ0n) is 6.85. The van der Waals surface area contributed by atoms with Crippen molar-refractivity contribution in [3.05, 3.63) is 0 Å². The minimum atomic E-state index is -0.848. The highest BCUT2D eigenvalue weighted by molar-refractivity contribution is 5.79. The van der Waals surface area contributed by atoms with Crippen LogP contribution in [0.2, 0.25) is 0 Å². The molecule has 4 nitrogen and oxygen atoms in total.